The minimum Gasteiger partial charge on any atom is -0.497 e. The molecular weight excluding hydrogens is 309 g/mol. The molecule has 0 saturated carbocycles. The molecule has 3 rings (SSSR count). The predicted octanol–water partition coefficient (Wildman–Crippen LogP) is 3.44. The molecule has 0 spiro atoms. The first-order valence-electron chi connectivity index (χ1n) is 6.53. The molecule has 0 aliphatic heterocycles. The van der Waals surface area contributed by atoms with Crippen LogP contribution in [0.25, 0.3) is 5.69 Å². The van der Waals surface area contributed by atoms with Crippen molar-refractivity contribution < 1.29 is 17.9 Å². The van der Waals surface area contributed by atoms with Gasteiger partial charge in [-0.05, 0) is 18.2 Å². The van der Waals surface area contributed by atoms with Gasteiger partial charge in [-0.2, -0.15) is 4.98 Å². The lowest BCUT2D eigenvalue weighted by Crippen LogP contribution is -1.99. The third kappa shape index (κ3) is 3.42. The predicted molar refractivity (Wildman–Crippen MR) is 77.5 cm³/mol. The standard InChI is InChI=1S/C15H11F3N4O/c1-23-14-6-11(18)3-12(7-14)20-15-19-8-22(21-15)13-4-9(16)2-10(17)5-13/h2-8H,1H3,(H,20,21). The van der Waals surface area contributed by atoms with Crippen LogP contribution in [0.1, 0.15) is 0 Å². The number of ether oxygens (including phenoxy) is 1. The van der Waals surface area contributed by atoms with Crippen molar-refractivity contribution >= 4 is 11.6 Å². The number of anilines is 2. The highest BCUT2D eigenvalue weighted by Gasteiger charge is 2.08. The van der Waals surface area contributed by atoms with Crippen LogP contribution in [0.15, 0.2) is 42.7 Å². The van der Waals surface area contributed by atoms with Gasteiger partial charge in [0.1, 0.15) is 29.5 Å². The van der Waals surface area contributed by atoms with Crippen LogP contribution >= 0.6 is 0 Å². The van der Waals surface area contributed by atoms with E-state index in [1.165, 1.54) is 30.3 Å². The van der Waals surface area contributed by atoms with Crippen molar-refractivity contribution in [1.29, 1.82) is 0 Å². The molecule has 0 radical (unpaired) electrons. The number of rotatable bonds is 4. The van der Waals surface area contributed by atoms with Crippen LogP contribution in [-0.2, 0) is 0 Å². The van der Waals surface area contributed by atoms with Crippen molar-refractivity contribution in [3.05, 3.63) is 60.2 Å². The molecule has 3 aromatic rings. The zero-order valence-electron chi connectivity index (χ0n) is 11.9. The number of benzene rings is 2. The second kappa shape index (κ2) is 5.99. The van der Waals surface area contributed by atoms with Crippen LogP contribution in [0.4, 0.5) is 24.8 Å². The molecule has 5 nitrogen and oxygen atoms in total. The number of hydrogen-bond donors (Lipinski definition) is 1. The van der Waals surface area contributed by atoms with E-state index in [0.29, 0.717) is 11.4 Å². The normalized spacial score (nSPS) is 10.6. The summed E-state index contributed by atoms with van der Waals surface area (Å²) >= 11 is 0. The average Bonchev–Trinajstić information content (AvgIpc) is 2.94. The average molecular weight is 320 g/mol. The van der Waals surface area contributed by atoms with Crippen LogP contribution in [0.5, 0.6) is 5.75 Å². The maximum absolute atomic E-state index is 13.4. The van der Waals surface area contributed by atoms with Gasteiger partial charge in [-0.15, -0.1) is 5.10 Å². The molecular formula is C15H11F3N4O. The molecule has 1 heterocycles. The summed E-state index contributed by atoms with van der Waals surface area (Å²) in [7, 11) is 1.42. The van der Waals surface area contributed by atoms with Crippen LogP contribution in [0, 0.1) is 17.5 Å². The molecule has 0 aliphatic rings. The maximum atomic E-state index is 13.4. The van der Waals surface area contributed by atoms with Crippen LogP contribution in [0.3, 0.4) is 0 Å². The Morgan fingerprint density at radius 3 is 2.35 bits per heavy atom. The molecule has 0 saturated heterocycles. The highest BCUT2D eigenvalue weighted by molar-refractivity contribution is 5.56. The fraction of sp³-hybridized carbons (Fsp3) is 0.0667. The SMILES string of the molecule is COc1cc(F)cc(Nc2ncn(-c3cc(F)cc(F)c3)n2)c1. The van der Waals surface area contributed by atoms with Crippen molar-refractivity contribution in [3.63, 3.8) is 0 Å². The lowest BCUT2D eigenvalue weighted by Gasteiger charge is -2.05. The van der Waals surface area contributed by atoms with E-state index in [4.69, 9.17) is 4.74 Å². The van der Waals surface area contributed by atoms with E-state index < -0.39 is 17.5 Å². The molecule has 0 bridgehead atoms. The van der Waals surface area contributed by atoms with Crippen molar-refractivity contribution in [2.24, 2.45) is 0 Å². The summed E-state index contributed by atoms with van der Waals surface area (Å²) in [6, 6.07) is 7.03. The minimum atomic E-state index is -0.722. The summed E-state index contributed by atoms with van der Waals surface area (Å²) in [6.45, 7) is 0. The van der Waals surface area contributed by atoms with Gasteiger partial charge in [0, 0.05) is 23.9 Å². The van der Waals surface area contributed by atoms with Gasteiger partial charge in [0.05, 0.1) is 12.8 Å². The van der Waals surface area contributed by atoms with Crippen LogP contribution in [0.2, 0.25) is 0 Å². The molecule has 1 aromatic heterocycles. The molecule has 0 amide bonds. The van der Waals surface area contributed by atoms with E-state index in [0.717, 1.165) is 18.2 Å². The highest BCUT2D eigenvalue weighted by Crippen LogP contribution is 2.22. The zero-order chi connectivity index (χ0) is 16.4. The van der Waals surface area contributed by atoms with Crippen molar-refractivity contribution in [3.8, 4) is 11.4 Å². The van der Waals surface area contributed by atoms with Crippen molar-refractivity contribution in [2.45, 2.75) is 0 Å². The van der Waals surface area contributed by atoms with Gasteiger partial charge in [0.15, 0.2) is 0 Å². The molecule has 0 unspecified atom stereocenters. The Bertz CT molecular complexity index is 830. The molecule has 2 aromatic carbocycles. The molecule has 1 N–H and O–H groups in total. The first-order chi connectivity index (χ1) is 11.0. The van der Waals surface area contributed by atoms with Gasteiger partial charge in [-0.25, -0.2) is 17.9 Å². The number of nitrogens with zero attached hydrogens (tertiary/aromatic N) is 3. The van der Waals surface area contributed by atoms with Gasteiger partial charge in [0.2, 0.25) is 5.95 Å². The van der Waals surface area contributed by atoms with E-state index in [1.54, 1.807) is 6.07 Å². The lowest BCUT2D eigenvalue weighted by atomic mass is 10.3. The summed E-state index contributed by atoms with van der Waals surface area (Å²) in [5.74, 6) is -1.46. The van der Waals surface area contributed by atoms with E-state index in [2.05, 4.69) is 15.4 Å². The minimum absolute atomic E-state index is 0.141. The molecule has 0 fully saturated rings. The number of aromatic nitrogens is 3. The van der Waals surface area contributed by atoms with Gasteiger partial charge in [-0.1, -0.05) is 0 Å². The fourth-order valence-electron chi connectivity index (χ4n) is 2.00. The van der Waals surface area contributed by atoms with E-state index >= 15 is 0 Å². The van der Waals surface area contributed by atoms with Gasteiger partial charge in [0.25, 0.3) is 0 Å². The largest absolute Gasteiger partial charge is 0.497 e. The highest BCUT2D eigenvalue weighted by atomic mass is 19.1. The second-order valence-electron chi connectivity index (χ2n) is 4.65. The van der Waals surface area contributed by atoms with E-state index in [9.17, 15) is 13.2 Å². The smallest absolute Gasteiger partial charge is 0.246 e. The van der Waals surface area contributed by atoms with E-state index in [-0.39, 0.29) is 11.6 Å². The summed E-state index contributed by atoms with van der Waals surface area (Å²) in [5.41, 5.74) is 0.560. The fourth-order valence-corrected chi connectivity index (χ4v) is 2.00. The Balaban J connectivity index is 1.86. The number of halogens is 3. The lowest BCUT2D eigenvalue weighted by molar-refractivity contribution is 0.411. The summed E-state index contributed by atoms with van der Waals surface area (Å²) < 4.78 is 46.0. The quantitative estimate of drug-likeness (QED) is 0.800. The molecule has 0 atom stereocenters. The number of hydrogen-bond acceptors (Lipinski definition) is 4. The monoisotopic (exact) mass is 320 g/mol. The third-order valence-electron chi connectivity index (χ3n) is 2.97. The summed E-state index contributed by atoms with van der Waals surface area (Å²) in [4.78, 5) is 3.96. The maximum Gasteiger partial charge on any atom is 0.246 e. The summed E-state index contributed by atoms with van der Waals surface area (Å²) in [6.07, 6.45) is 1.28. The Hall–Kier alpha value is -3.03. The zero-order valence-corrected chi connectivity index (χ0v) is 11.9. The Morgan fingerprint density at radius 2 is 1.65 bits per heavy atom. The topological polar surface area (TPSA) is 52.0 Å². The van der Waals surface area contributed by atoms with Crippen molar-refractivity contribution in [1.82, 2.24) is 14.8 Å². The number of nitrogens with one attached hydrogen (secondary N) is 1. The number of methoxy groups -OCH3 is 1. The molecule has 0 aliphatic carbocycles. The van der Waals surface area contributed by atoms with Crippen molar-refractivity contribution in [2.75, 3.05) is 12.4 Å². The van der Waals surface area contributed by atoms with Gasteiger partial charge >= 0.3 is 0 Å². The first-order valence-corrected chi connectivity index (χ1v) is 6.53. The Labute approximate surface area is 129 Å². The van der Waals surface area contributed by atoms with Gasteiger partial charge < -0.3 is 10.1 Å². The summed E-state index contributed by atoms with van der Waals surface area (Å²) in [5, 5.41) is 6.83. The van der Waals surface area contributed by atoms with E-state index in [1.807, 2.05) is 0 Å². The Kier molecular flexibility index (Phi) is 3.88. The first kappa shape index (κ1) is 14.9. The van der Waals surface area contributed by atoms with Crippen LogP contribution in [-0.4, -0.2) is 21.9 Å². The van der Waals surface area contributed by atoms with Crippen LogP contribution < -0.4 is 10.1 Å². The molecule has 8 heteroatoms. The molecule has 118 valence electrons. The second-order valence-corrected chi connectivity index (χ2v) is 4.65. The Morgan fingerprint density at radius 1 is 0.957 bits per heavy atom. The third-order valence-corrected chi connectivity index (χ3v) is 2.97. The molecule has 23 heavy (non-hydrogen) atoms. The van der Waals surface area contributed by atoms with Gasteiger partial charge in [-0.3, -0.25) is 0 Å².